The van der Waals surface area contributed by atoms with Crippen LogP contribution in [0.25, 0.3) is 0 Å². The van der Waals surface area contributed by atoms with Crippen LogP contribution < -0.4 is 4.90 Å². The molecule has 1 saturated heterocycles. The summed E-state index contributed by atoms with van der Waals surface area (Å²) < 4.78 is 0. The smallest absolute Gasteiger partial charge is 0.232 e. The maximum atomic E-state index is 13.1. The molecule has 0 bridgehead atoms. The average Bonchev–Trinajstić information content (AvgIpc) is 3.26. The Morgan fingerprint density at radius 1 is 1.22 bits per heavy atom. The van der Waals surface area contributed by atoms with Gasteiger partial charge in [-0.3, -0.25) is 9.59 Å². The number of fused-ring (bicyclic) bond motifs is 1. The molecule has 0 saturated carbocycles. The molecule has 2 aromatic carbocycles. The molecule has 2 aliphatic heterocycles. The number of hydrogen-bond donors (Lipinski definition) is 0. The Balaban J connectivity index is 1.48. The zero-order chi connectivity index (χ0) is 19.0. The van der Waals surface area contributed by atoms with Crippen LogP contribution in [0.1, 0.15) is 28.7 Å². The Hall–Kier alpha value is -3.13. The van der Waals surface area contributed by atoms with Crippen LogP contribution in [0, 0.1) is 24.2 Å². The first-order valence-electron chi connectivity index (χ1n) is 9.23. The van der Waals surface area contributed by atoms with Crippen molar-refractivity contribution in [2.45, 2.75) is 26.3 Å². The molecule has 2 heterocycles. The first-order valence-corrected chi connectivity index (χ1v) is 9.23. The fraction of sp³-hybridized carbons (Fsp3) is 0.318. The zero-order valence-electron chi connectivity index (χ0n) is 15.3. The van der Waals surface area contributed by atoms with E-state index in [1.165, 1.54) is 5.56 Å². The average molecular weight is 359 g/mol. The lowest BCUT2D eigenvalue weighted by Crippen LogP contribution is -2.36. The number of nitriles is 1. The molecular weight excluding hydrogens is 338 g/mol. The summed E-state index contributed by atoms with van der Waals surface area (Å²) >= 11 is 0. The van der Waals surface area contributed by atoms with Gasteiger partial charge in [0.05, 0.1) is 17.6 Å². The van der Waals surface area contributed by atoms with E-state index >= 15 is 0 Å². The topological polar surface area (TPSA) is 64.4 Å². The predicted molar refractivity (Wildman–Crippen MR) is 102 cm³/mol. The van der Waals surface area contributed by atoms with E-state index in [2.05, 4.69) is 6.07 Å². The number of anilines is 1. The van der Waals surface area contributed by atoms with E-state index in [0.717, 1.165) is 23.2 Å². The molecule has 5 heteroatoms. The molecule has 0 N–H and O–H groups in total. The Morgan fingerprint density at radius 2 is 2.00 bits per heavy atom. The number of aryl methyl sites for hydroxylation is 1. The van der Waals surface area contributed by atoms with Gasteiger partial charge in [0.25, 0.3) is 0 Å². The summed E-state index contributed by atoms with van der Waals surface area (Å²) in [5, 5.41) is 9.13. The largest absolute Gasteiger partial charge is 0.338 e. The van der Waals surface area contributed by atoms with E-state index in [1.807, 2.05) is 37.3 Å². The van der Waals surface area contributed by atoms with Gasteiger partial charge in [0.2, 0.25) is 11.8 Å². The predicted octanol–water partition coefficient (Wildman–Crippen LogP) is 2.80. The maximum absolute atomic E-state index is 13.1. The highest BCUT2D eigenvalue weighted by Gasteiger charge is 2.38. The molecule has 0 radical (unpaired) electrons. The van der Waals surface area contributed by atoms with E-state index in [1.54, 1.807) is 21.9 Å². The molecule has 0 aromatic heterocycles. The number of benzene rings is 2. The van der Waals surface area contributed by atoms with Crippen molar-refractivity contribution < 1.29 is 9.59 Å². The molecule has 2 aliphatic rings. The van der Waals surface area contributed by atoms with Crippen LogP contribution in [0.4, 0.5) is 5.69 Å². The van der Waals surface area contributed by atoms with E-state index in [9.17, 15) is 9.59 Å². The minimum absolute atomic E-state index is 0.0106. The van der Waals surface area contributed by atoms with Gasteiger partial charge in [-0.25, -0.2) is 0 Å². The van der Waals surface area contributed by atoms with E-state index in [-0.39, 0.29) is 24.2 Å². The summed E-state index contributed by atoms with van der Waals surface area (Å²) in [5.74, 6) is -0.303. The molecule has 1 atom stereocenters. The van der Waals surface area contributed by atoms with Crippen LogP contribution in [0.3, 0.4) is 0 Å². The van der Waals surface area contributed by atoms with Crippen LogP contribution in [0.5, 0.6) is 0 Å². The van der Waals surface area contributed by atoms with Gasteiger partial charge in [0.15, 0.2) is 0 Å². The van der Waals surface area contributed by atoms with Gasteiger partial charge in [-0.05, 0) is 36.6 Å². The molecule has 5 nitrogen and oxygen atoms in total. The highest BCUT2D eigenvalue weighted by molar-refractivity contribution is 6.00. The van der Waals surface area contributed by atoms with Gasteiger partial charge in [0.1, 0.15) is 0 Å². The number of carbonyl (C=O) groups excluding carboxylic acids is 2. The summed E-state index contributed by atoms with van der Waals surface area (Å²) in [6.45, 7) is 3.64. The van der Waals surface area contributed by atoms with Crippen LogP contribution in [-0.4, -0.2) is 29.8 Å². The number of amides is 2. The first-order chi connectivity index (χ1) is 13.0. The van der Waals surface area contributed by atoms with Crippen molar-refractivity contribution in [2.24, 2.45) is 5.92 Å². The first kappa shape index (κ1) is 17.3. The fourth-order valence-electron chi connectivity index (χ4n) is 3.90. The molecule has 1 fully saturated rings. The molecule has 0 aliphatic carbocycles. The fourth-order valence-corrected chi connectivity index (χ4v) is 3.90. The Kier molecular flexibility index (Phi) is 4.41. The second-order valence-electron chi connectivity index (χ2n) is 7.36. The van der Waals surface area contributed by atoms with Crippen molar-refractivity contribution in [1.29, 1.82) is 5.26 Å². The second-order valence-corrected chi connectivity index (χ2v) is 7.36. The second kappa shape index (κ2) is 6.88. The lowest BCUT2D eigenvalue weighted by atomic mass is 10.1. The van der Waals surface area contributed by atoms with Crippen molar-refractivity contribution in [1.82, 2.24) is 4.90 Å². The van der Waals surface area contributed by atoms with Gasteiger partial charge in [-0.2, -0.15) is 5.26 Å². The van der Waals surface area contributed by atoms with E-state index in [0.29, 0.717) is 25.2 Å². The summed E-state index contributed by atoms with van der Waals surface area (Å²) in [7, 11) is 0. The van der Waals surface area contributed by atoms with Gasteiger partial charge < -0.3 is 9.80 Å². The van der Waals surface area contributed by atoms with Gasteiger partial charge in [-0.15, -0.1) is 0 Å². The van der Waals surface area contributed by atoms with Gasteiger partial charge in [-0.1, -0.05) is 35.9 Å². The summed E-state index contributed by atoms with van der Waals surface area (Å²) in [6, 6.07) is 15.7. The van der Waals surface area contributed by atoms with Crippen LogP contribution in [0.15, 0.2) is 42.5 Å². The minimum atomic E-state index is -0.320. The lowest BCUT2D eigenvalue weighted by molar-refractivity contribution is -0.128. The zero-order valence-corrected chi connectivity index (χ0v) is 15.3. The van der Waals surface area contributed by atoms with Crippen LogP contribution in [0.2, 0.25) is 0 Å². The molecule has 27 heavy (non-hydrogen) atoms. The molecule has 1 unspecified atom stereocenters. The van der Waals surface area contributed by atoms with Crippen molar-refractivity contribution >= 4 is 17.5 Å². The third kappa shape index (κ3) is 3.31. The summed E-state index contributed by atoms with van der Waals surface area (Å²) in [5.41, 5.74) is 4.72. The Bertz CT molecular complexity index is 943. The molecule has 0 spiro atoms. The summed E-state index contributed by atoms with van der Waals surface area (Å²) in [4.78, 5) is 29.0. The van der Waals surface area contributed by atoms with Crippen molar-refractivity contribution in [2.75, 3.05) is 18.0 Å². The number of nitrogens with zero attached hydrogens (tertiary/aromatic N) is 3. The van der Waals surface area contributed by atoms with Crippen molar-refractivity contribution in [3.8, 4) is 6.07 Å². The third-order valence-corrected chi connectivity index (χ3v) is 5.43. The quantitative estimate of drug-likeness (QED) is 0.846. The maximum Gasteiger partial charge on any atom is 0.232 e. The minimum Gasteiger partial charge on any atom is -0.338 e. The van der Waals surface area contributed by atoms with Gasteiger partial charge in [0, 0.05) is 31.7 Å². The lowest BCUT2D eigenvalue weighted by Gasteiger charge is -2.22. The Labute approximate surface area is 158 Å². The van der Waals surface area contributed by atoms with E-state index < -0.39 is 0 Å². The summed E-state index contributed by atoms with van der Waals surface area (Å²) in [6.07, 6.45) is 1.05. The number of carbonyl (C=O) groups is 2. The van der Waals surface area contributed by atoms with Crippen molar-refractivity contribution in [3.63, 3.8) is 0 Å². The molecule has 2 amide bonds. The molecule has 4 rings (SSSR count). The number of likely N-dealkylation sites (tertiary alicyclic amines) is 1. The van der Waals surface area contributed by atoms with Crippen molar-refractivity contribution in [3.05, 3.63) is 64.7 Å². The SMILES string of the molecule is Cc1ccc(CN2CC(C(=O)N3CCc4ccc(C#N)cc43)CC2=O)cc1. The molecular formula is C22H21N3O2. The third-order valence-electron chi connectivity index (χ3n) is 5.43. The molecule has 136 valence electrons. The highest BCUT2D eigenvalue weighted by atomic mass is 16.2. The number of hydrogen-bond acceptors (Lipinski definition) is 3. The monoisotopic (exact) mass is 359 g/mol. The van der Waals surface area contributed by atoms with Crippen LogP contribution in [-0.2, 0) is 22.6 Å². The van der Waals surface area contributed by atoms with Crippen LogP contribution >= 0.6 is 0 Å². The molecule has 2 aromatic rings. The number of rotatable bonds is 3. The highest BCUT2D eigenvalue weighted by Crippen LogP contribution is 2.32. The Morgan fingerprint density at radius 3 is 2.74 bits per heavy atom. The normalized spacial score (nSPS) is 18.5. The standard InChI is InChI=1S/C22H21N3O2/c1-15-2-4-16(5-3-15)13-24-14-19(11-21(24)26)22(27)25-9-8-18-7-6-17(12-23)10-20(18)25/h2-7,10,19H,8-9,11,13-14H2,1H3. The van der Waals surface area contributed by atoms with Gasteiger partial charge >= 0.3 is 0 Å². The van der Waals surface area contributed by atoms with E-state index in [4.69, 9.17) is 5.26 Å².